The molecular weight excluding hydrogens is 569 g/mol. The molecule has 0 aliphatic carbocycles. The summed E-state index contributed by atoms with van der Waals surface area (Å²) in [6.07, 6.45) is 31.3. The van der Waals surface area contributed by atoms with Crippen LogP contribution in [-0.2, 0) is 25.7 Å². The van der Waals surface area contributed by atoms with Gasteiger partial charge in [-0.15, -0.1) is 0 Å². The Morgan fingerprint density at radius 3 is 1.02 bits per heavy atom. The van der Waals surface area contributed by atoms with Gasteiger partial charge in [-0.05, 0) is 97.9 Å². The molecule has 0 amide bonds. The molecular formula is C45H74N2. The lowest BCUT2D eigenvalue weighted by atomic mass is 9.97. The molecule has 0 atom stereocenters. The molecule has 0 aliphatic rings. The maximum atomic E-state index is 5.49. The minimum absolute atomic E-state index is 1.03. The molecule has 47 heavy (non-hydrogen) atoms. The Hall–Kier alpha value is -2.22. The monoisotopic (exact) mass is 643 g/mol. The number of hydrogen-bond donors (Lipinski definition) is 0. The fourth-order valence-electron chi connectivity index (χ4n) is 6.91. The van der Waals surface area contributed by atoms with Crippen molar-refractivity contribution >= 4 is 22.8 Å². The van der Waals surface area contributed by atoms with Crippen LogP contribution in [0, 0.1) is 0 Å². The molecule has 0 unspecified atom stereocenters. The van der Waals surface area contributed by atoms with Gasteiger partial charge in [0.15, 0.2) is 0 Å². The fourth-order valence-corrected chi connectivity index (χ4v) is 6.91. The van der Waals surface area contributed by atoms with E-state index in [2.05, 4.69) is 77.9 Å². The van der Waals surface area contributed by atoms with Crippen molar-refractivity contribution in [2.45, 2.75) is 202 Å². The zero-order valence-corrected chi connectivity index (χ0v) is 32.0. The van der Waals surface area contributed by atoms with Crippen LogP contribution in [0.4, 0.5) is 11.4 Å². The van der Waals surface area contributed by atoms with Crippen LogP contribution in [0.15, 0.2) is 46.4 Å². The molecule has 0 radical (unpaired) electrons. The summed E-state index contributed by atoms with van der Waals surface area (Å²) in [7, 11) is 0. The smallest absolute Gasteiger partial charge is 0.0636 e. The molecule has 0 spiro atoms. The molecule has 0 fully saturated rings. The Kier molecular flexibility index (Phi) is 23.3. The van der Waals surface area contributed by atoms with Crippen molar-refractivity contribution < 1.29 is 0 Å². The molecule has 0 bridgehead atoms. The summed E-state index contributed by atoms with van der Waals surface area (Å²) in [5.41, 5.74) is 10.7. The molecule has 0 aromatic heterocycles. The van der Waals surface area contributed by atoms with Crippen molar-refractivity contribution in [1.29, 1.82) is 0 Å². The first-order valence-electron chi connectivity index (χ1n) is 20.5. The van der Waals surface area contributed by atoms with Crippen LogP contribution in [0.1, 0.15) is 199 Å². The summed E-state index contributed by atoms with van der Waals surface area (Å²) in [6, 6.07) is 14.1. The van der Waals surface area contributed by atoms with Crippen LogP contribution in [0.25, 0.3) is 0 Å². The standard InChI is InChI=1S/C45H74N2/c1-7-13-15-17-19-20-21-23-25-31-45(47-43-35-33-39(27-10-4)41(37-43)29-12-6)44(30-24-22-18-16-14-8-2)46-42-34-32-38(26-9-3)40(36-42)28-11-5/h32-37H,7-31H2,1-6H3. The lowest BCUT2D eigenvalue weighted by molar-refractivity contribution is 0.568. The van der Waals surface area contributed by atoms with Crippen molar-refractivity contribution in [3.05, 3.63) is 58.7 Å². The Balaban J connectivity index is 2.43. The fraction of sp³-hybridized carbons (Fsp3) is 0.689. The largest absolute Gasteiger partial charge is 0.252 e. The zero-order chi connectivity index (χ0) is 34.0. The van der Waals surface area contributed by atoms with E-state index in [0.29, 0.717) is 0 Å². The number of nitrogens with zero attached hydrogens (tertiary/aromatic N) is 2. The van der Waals surface area contributed by atoms with Gasteiger partial charge in [-0.3, -0.25) is 9.98 Å². The van der Waals surface area contributed by atoms with Gasteiger partial charge in [0, 0.05) is 0 Å². The number of unbranched alkanes of at least 4 members (excludes halogenated alkanes) is 13. The lowest BCUT2D eigenvalue weighted by Gasteiger charge is -2.14. The van der Waals surface area contributed by atoms with Gasteiger partial charge in [0.05, 0.1) is 22.8 Å². The molecule has 0 saturated heterocycles. The average molecular weight is 643 g/mol. The van der Waals surface area contributed by atoms with E-state index in [4.69, 9.17) is 9.98 Å². The number of benzene rings is 2. The highest BCUT2D eigenvalue weighted by Crippen LogP contribution is 2.26. The number of hydrogen-bond acceptors (Lipinski definition) is 2. The Labute approximate surface area is 292 Å². The van der Waals surface area contributed by atoms with Crippen molar-refractivity contribution in [3.8, 4) is 0 Å². The third-order valence-corrected chi connectivity index (χ3v) is 9.60. The summed E-state index contributed by atoms with van der Waals surface area (Å²) >= 11 is 0. The molecule has 2 nitrogen and oxygen atoms in total. The highest BCUT2D eigenvalue weighted by Gasteiger charge is 2.13. The van der Waals surface area contributed by atoms with Crippen LogP contribution < -0.4 is 0 Å². The molecule has 264 valence electrons. The summed E-state index contributed by atoms with van der Waals surface area (Å²) in [5.74, 6) is 0. The molecule has 0 aliphatic heterocycles. The van der Waals surface area contributed by atoms with E-state index in [-0.39, 0.29) is 0 Å². The number of aliphatic imine (C=N–C) groups is 2. The predicted molar refractivity (Wildman–Crippen MR) is 213 cm³/mol. The van der Waals surface area contributed by atoms with Crippen LogP contribution in [0.5, 0.6) is 0 Å². The van der Waals surface area contributed by atoms with Crippen LogP contribution in [0.3, 0.4) is 0 Å². The van der Waals surface area contributed by atoms with E-state index in [0.717, 1.165) is 49.9 Å². The van der Waals surface area contributed by atoms with E-state index in [9.17, 15) is 0 Å². The lowest BCUT2D eigenvalue weighted by Crippen LogP contribution is -2.14. The summed E-state index contributed by atoms with van der Waals surface area (Å²) in [6.45, 7) is 13.8. The Morgan fingerprint density at radius 2 is 0.681 bits per heavy atom. The average Bonchev–Trinajstić information content (AvgIpc) is 3.07. The summed E-state index contributed by atoms with van der Waals surface area (Å²) < 4.78 is 0. The minimum Gasteiger partial charge on any atom is -0.252 e. The van der Waals surface area contributed by atoms with E-state index in [1.807, 2.05) is 0 Å². The molecule has 0 saturated carbocycles. The first-order valence-corrected chi connectivity index (χ1v) is 20.5. The van der Waals surface area contributed by atoms with Gasteiger partial charge in [0.1, 0.15) is 0 Å². The number of rotatable bonds is 28. The third kappa shape index (κ3) is 17.1. The molecule has 2 heteroatoms. The van der Waals surface area contributed by atoms with Gasteiger partial charge >= 0.3 is 0 Å². The van der Waals surface area contributed by atoms with Gasteiger partial charge in [-0.25, -0.2) is 0 Å². The Morgan fingerprint density at radius 1 is 0.362 bits per heavy atom. The van der Waals surface area contributed by atoms with E-state index in [1.54, 1.807) is 0 Å². The predicted octanol–water partition coefficient (Wildman–Crippen LogP) is 15.0. The van der Waals surface area contributed by atoms with Gasteiger partial charge in [-0.1, -0.05) is 163 Å². The topological polar surface area (TPSA) is 24.7 Å². The van der Waals surface area contributed by atoms with Crippen LogP contribution >= 0.6 is 0 Å². The quantitative estimate of drug-likeness (QED) is 0.0652. The van der Waals surface area contributed by atoms with Gasteiger partial charge in [-0.2, -0.15) is 0 Å². The van der Waals surface area contributed by atoms with Crippen LogP contribution in [0.2, 0.25) is 0 Å². The van der Waals surface area contributed by atoms with Crippen molar-refractivity contribution in [2.75, 3.05) is 0 Å². The zero-order valence-electron chi connectivity index (χ0n) is 32.0. The van der Waals surface area contributed by atoms with Gasteiger partial charge in [0.25, 0.3) is 0 Å². The van der Waals surface area contributed by atoms with Crippen molar-refractivity contribution in [2.24, 2.45) is 9.98 Å². The van der Waals surface area contributed by atoms with Gasteiger partial charge < -0.3 is 0 Å². The second-order valence-electron chi connectivity index (χ2n) is 14.1. The van der Waals surface area contributed by atoms with Gasteiger partial charge in [0.2, 0.25) is 0 Å². The summed E-state index contributed by atoms with van der Waals surface area (Å²) in [5, 5.41) is 0. The van der Waals surface area contributed by atoms with Crippen molar-refractivity contribution in [3.63, 3.8) is 0 Å². The Bertz CT molecular complexity index is 1140. The number of aryl methyl sites for hydroxylation is 4. The summed E-state index contributed by atoms with van der Waals surface area (Å²) in [4.78, 5) is 11.0. The third-order valence-electron chi connectivity index (χ3n) is 9.60. The second kappa shape index (κ2) is 26.7. The highest BCUT2D eigenvalue weighted by molar-refractivity contribution is 6.43. The van der Waals surface area contributed by atoms with Crippen LogP contribution in [-0.4, -0.2) is 11.4 Å². The molecule has 2 aromatic rings. The van der Waals surface area contributed by atoms with Crippen molar-refractivity contribution in [1.82, 2.24) is 0 Å². The second-order valence-corrected chi connectivity index (χ2v) is 14.1. The maximum absolute atomic E-state index is 5.49. The normalized spacial score (nSPS) is 12.3. The first kappa shape index (κ1) is 41.0. The first-order chi connectivity index (χ1) is 23.1. The molecule has 2 rings (SSSR count). The molecule has 0 heterocycles. The minimum atomic E-state index is 1.03. The van der Waals surface area contributed by atoms with E-state index >= 15 is 0 Å². The van der Waals surface area contributed by atoms with E-state index < -0.39 is 0 Å². The SMILES string of the molecule is CCCCCCCCCCCC(=Nc1ccc(CCC)c(CCC)c1)C(CCCCCCCC)=Nc1ccc(CCC)c(CCC)c1. The highest BCUT2D eigenvalue weighted by atomic mass is 14.8. The molecule has 0 N–H and O–H groups in total. The maximum Gasteiger partial charge on any atom is 0.0636 e. The molecule has 2 aromatic carbocycles. The van der Waals surface area contributed by atoms with E-state index in [1.165, 1.54) is 156 Å².